The van der Waals surface area contributed by atoms with E-state index in [0.29, 0.717) is 24.7 Å². The maximum Gasteiger partial charge on any atom is 0.416 e. The molecule has 0 saturated heterocycles. The van der Waals surface area contributed by atoms with Crippen molar-refractivity contribution in [3.63, 3.8) is 0 Å². The van der Waals surface area contributed by atoms with E-state index in [1.54, 1.807) is 32.9 Å². The molecule has 1 aliphatic carbocycles. The fourth-order valence-electron chi connectivity index (χ4n) is 4.04. The summed E-state index contributed by atoms with van der Waals surface area (Å²) >= 11 is 2.97. The third kappa shape index (κ3) is 7.69. The lowest BCUT2D eigenvalue weighted by molar-refractivity contribution is -0.157. The molecule has 0 heterocycles. The number of fused-ring (bicyclic) bond motifs is 1. The van der Waals surface area contributed by atoms with Crippen LogP contribution in [-0.2, 0) is 32.0 Å². The predicted octanol–water partition coefficient (Wildman–Crippen LogP) is 5.98. The Morgan fingerprint density at radius 1 is 1.14 bits per heavy atom. The summed E-state index contributed by atoms with van der Waals surface area (Å²) in [4.78, 5) is 11.7. The summed E-state index contributed by atoms with van der Waals surface area (Å²) < 4.78 is 76.5. The van der Waals surface area contributed by atoms with Gasteiger partial charge in [0.2, 0.25) is 0 Å². The van der Waals surface area contributed by atoms with Gasteiger partial charge in [-0.2, -0.15) is 13.2 Å². The minimum Gasteiger partial charge on any atom is -0.482 e. The molecule has 0 amide bonds. The molecule has 3 rings (SSSR count). The second kappa shape index (κ2) is 11.1. The number of ether oxygens (including phenoxy) is 2. The molecule has 11 heteroatoms. The van der Waals surface area contributed by atoms with Crippen LogP contribution in [0.15, 0.2) is 45.8 Å². The summed E-state index contributed by atoms with van der Waals surface area (Å²) in [6.45, 7) is 5.04. The maximum atomic E-state index is 13.2. The van der Waals surface area contributed by atoms with Gasteiger partial charge in [-0.25, -0.2) is 13.2 Å². The van der Waals surface area contributed by atoms with Gasteiger partial charge < -0.3 is 9.47 Å². The number of esters is 1. The molecule has 198 valence electrons. The van der Waals surface area contributed by atoms with Crippen LogP contribution in [0.1, 0.15) is 62.8 Å². The van der Waals surface area contributed by atoms with Crippen molar-refractivity contribution in [2.45, 2.75) is 69.2 Å². The average Bonchev–Trinajstić information content (AvgIpc) is 2.96. The molecule has 0 spiro atoms. The highest BCUT2D eigenvalue weighted by atomic mass is 79.9. The van der Waals surface area contributed by atoms with Crippen molar-refractivity contribution < 1.29 is 35.9 Å². The molecule has 0 bridgehead atoms. The Kier molecular flexibility index (Phi) is 8.78. The normalized spacial score (nSPS) is 16.7. The molecule has 36 heavy (non-hydrogen) atoms. The maximum absolute atomic E-state index is 13.2. The molecular formula is C25H29BrF3NO5S. The lowest BCUT2D eigenvalue weighted by Gasteiger charge is -2.22. The minimum atomic E-state index is -4.67. The molecule has 1 aliphatic rings. The van der Waals surface area contributed by atoms with Crippen molar-refractivity contribution in [1.29, 1.82) is 0 Å². The fraction of sp³-hybridized carbons (Fsp3) is 0.480. The zero-order valence-corrected chi connectivity index (χ0v) is 22.6. The Labute approximate surface area is 217 Å². The standard InChI is InChI=1S/C25H29BrF3NO5S/c1-24(2,3)35-23(31)14-34-22-10-6-8-19-20(22)7-4-5-9-21(19)30-15-36(32,33)18-12-16(25(27,28)29)11-17(26)13-18/h6,8,10-13,21,30H,4-5,7,9,14-15H2,1-3H3. The number of nitrogens with one attached hydrogen (secondary N) is 1. The Morgan fingerprint density at radius 3 is 2.53 bits per heavy atom. The first-order valence-electron chi connectivity index (χ1n) is 11.5. The number of hydrogen-bond donors (Lipinski definition) is 1. The first-order chi connectivity index (χ1) is 16.7. The van der Waals surface area contributed by atoms with Gasteiger partial charge >= 0.3 is 12.1 Å². The summed E-state index contributed by atoms with van der Waals surface area (Å²) in [6, 6.07) is 7.68. The Balaban J connectivity index is 1.78. The second-order valence-corrected chi connectivity index (χ2v) is 12.5. The van der Waals surface area contributed by atoms with Crippen molar-refractivity contribution in [3.8, 4) is 5.75 Å². The number of sulfone groups is 1. The van der Waals surface area contributed by atoms with Gasteiger partial charge in [-0.1, -0.05) is 34.5 Å². The van der Waals surface area contributed by atoms with Crippen molar-refractivity contribution in [3.05, 3.63) is 57.6 Å². The molecular weight excluding hydrogens is 563 g/mol. The van der Waals surface area contributed by atoms with Crippen molar-refractivity contribution in [2.75, 3.05) is 12.5 Å². The lowest BCUT2D eigenvalue weighted by Crippen LogP contribution is -2.29. The van der Waals surface area contributed by atoms with Crippen LogP contribution in [0, 0.1) is 0 Å². The quantitative estimate of drug-likeness (QED) is 0.315. The van der Waals surface area contributed by atoms with Gasteiger partial charge in [0.25, 0.3) is 0 Å². The Morgan fingerprint density at radius 2 is 1.86 bits per heavy atom. The van der Waals surface area contributed by atoms with E-state index in [-0.39, 0.29) is 17.1 Å². The summed E-state index contributed by atoms with van der Waals surface area (Å²) in [5.74, 6) is -0.508. The summed E-state index contributed by atoms with van der Waals surface area (Å²) in [5.41, 5.74) is 0.0379. The average molecular weight is 592 g/mol. The highest BCUT2D eigenvalue weighted by molar-refractivity contribution is 9.10. The van der Waals surface area contributed by atoms with E-state index >= 15 is 0 Å². The summed E-state index contributed by atoms with van der Waals surface area (Å²) in [6.07, 6.45) is -1.69. The number of carbonyl (C=O) groups is 1. The van der Waals surface area contributed by atoms with Crippen LogP contribution in [0.4, 0.5) is 13.2 Å². The smallest absolute Gasteiger partial charge is 0.416 e. The minimum absolute atomic E-state index is 0.0301. The van der Waals surface area contributed by atoms with Crippen molar-refractivity contribution >= 4 is 31.7 Å². The van der Waals surface area contributed by atoms with Gasteiger partial charge in [-0.05, 0) is 75.4 Å². The molecule has 0 aliphatic heterocycles. The van der Waals surface area contributed by atoms with E-state index in [1.807, 2.05) is 6.07 Å². The SMILES string of the molecule is CC(C)(C)OC(=O)COc1cccc2c1CCCCC2NCS(=O)(=O)c1cc(Br)cc(C(F)(F)F)c1. The van der Waals surface area contributed by atoms with Crippen molar-refractivity contribution in [2.24, 2.45) is 0 Å². The second-order valence-electron chi connectivity index (χ2n) is 9.63. The van der Waals surface area contributed by atoms with E-state index in [9.17, 15) is 26.4 Å². The number of halogens is 4. The zero-order chi connectivity index (χ0) is 26.7. The number of benzene rings is 2. The van der Waals surface area contributed by atoms with Gasteiger partial charge in [0, 0.05) is 10.5 Å². The Bertz CT molecular complexity index is 1210. The molecule has 1 atom stereocenters. The number of alkyl halides is 3. The van der Waals surface area contributed by atoms with Crippen LogP contribution < -0.4 is 10.1 Å². The number of carbonyl (C=O) groups excluding carboxylic acids is 1. The lowest BCUT2D eigenvalue weighted by atomic mass is 9.98. The summed E-state index contributed by atoms with van der Waals surface area (Å²) in [7, 11) is -4.06. The fourth-order valence-corrected chi connectivity index (χ4v) is 5.88. The number of rotatable bonds is 7. The molecule has 1 N–H and O–H groups in total. The van der Waals surface area contributed by atoms with Gasteiger partial charge in [0.15, 0.2) is 16.4 Å². The van der Waals surface area contributed by atoms with E-state index < -0.39 is 43.9 Å². The van der Waals surface area contributed by atoms with Crippen LogP contribution >= 0.6 is 15.9 Å². The molecule has 1 unspecified atom stereocenters. The first-order valence-corrected chi connectivity index (χ1v) is 13.9. The van der Waals surface area contributed by atoms with E-state index in [4.69, 9.17) is 9.47 Å². The third-order valence-electron chi connectivity index (χ3n) is 5.56. The van der Waals surface area contributed by atoms with Gasteiger partial charge in [-0.15, -0.1) is 0 Å². The van der Waals surface area contributed by atoms with Crippen molar-refractivity contribution in [1.82, 2.24) is 5.32 Å². The van der Waals surface area contributed by atoms with E-state index in [1.165, 1.54) is 0 Å². The highest BCUT2D eigenvalue weighted by Gasteiger charge is 2.33. The van der Waals surface area contributed by atoms with Crippen LogP contribution in [0.3, 0.4) is 0 Å². The van der Waals surface area contributed by atoms with E-state index in [2.05, 4.69) is 21.2 Å². The van der Waals surface area contributed by atoms with Crippen LogP contribution in [-0.4, -0.2) is 32.5 Å². The molecule has 0 fully saturated rings. The highest BCUT2D eigenvalue weighted by Crippen LogP contribution is 2.36. The molecule has 0 aromatic heterocycles. The van der Waals surface area contributed by atoms with Crippen LogP contribution in [0.2, 0.25) is 0 Å². The zero-order valence-electron chi connectivity index (χ0n) is 20.2. The molecule has 2 aromatic rings. The van der Waals surface area contributed by atoms with Gasteiger partial charge in [-0.3, -0.25) is 5.32 Å². The largest absolute Gasteiger partial charge is 0.482 e. The first kappa shape index (κ1) is 28.5. The van der Waals surface area contributed by atoms with Crippen LogP contribution in [0.25, 0.3) is 0 Å². The monoisotopic (exact) mass is 591 g/mol. The van der Waals surface area contributed by atoms with Gasteiger partial charge in [0.05, 0.1) is 10.5 Å². The number of hydrogen-bond acceptors (Lipinski definition) is 6. The summed E-state index contributed by atoms with van der Waals surface area (Å²) in [5, 5.41) is 3.03. The predicted molar refractivity (Wildman–Crippen MR) is 132 cm³/mol. The Hall–Kier alpha value is -2.11. The molecule has 0 radical (unpaired) electrons. The van der Waals surface area contributed by atoms with E-state index in [0.717, 1.165) is 36.1 Å². The molecule has 6 nitrogen and oxygen atoms in total. The molecule has 2 aromatic carbocycles. The third-order valence-corrected chi connectivity index (χ3v) is 7.52. The topological polar surface area (TPSA) is 81.7 Å². The van der Waals surface area contributed by atoms with Gasteiger partial charge in [0.1, 0.15) is 17.2 Å². The van der Waals surface area contributed by atoms with Crippen LogP contribution in [0.5, 0.6) is 5.75 Å². The molecule has 0 saturated carbocycles.